The molecule has 0 radical (unpaired) electrons. The average molecular weight is 583 g/mol. The van der Waals surface area contributed by atoms with Gasteiger partial charge in [0.15, 0.2) is 0 Å². The highest BCUT2D eigenvalue weighted by Gasteiger charge is 2.31. The minimum Gasteiger partial charge on any atom is -0.326 e. The molecule has 1 amide bonds. The second kappa shape index (κ2) is 10.5. The first-order valence-corrected chi connectivity index (χ1v) is 14.4. The van der Waals surface area contributed by atoms with Crippen molar-refractivity contribution in [2.45, 2.75) is 56.7 Å². The Balaban J connectivity index is 1.12. The van der Waals surface area contributed by atoms with Gasteiger partial charge < -0.3 is 10.6 Å². The molecule has 2 saturated carbocycles. The summed E-state index contributed by atoms with van der Waals surface area (Å²) in [6, 6.07) is 17.3. The molecular weight excluding hydrogens is 553 g/mol. The third-order valence-electron chi connectivity index (χ3n) is 8.11. The third-order valence-corrected chi connectivity index (χ3v) is 8.11. The van der Waals surface area contributed by atoms with Gasteiger partial charge in [-0.15, -0.1) is 0 Å². The molecule has 2 N–H and O–H groups in total. The van der Waals surface area contributed by atoms with Crippen LogP contribution in [0.5, 0.6) is 0 Å². The van der Waals surface area contributed by atoms with Gasteiger partial charge in [0.25, 0.3) is 0 Å². The first-order valence-electron chi connectivity index (χ1n) is 14.4. The molecule has 2 aromatic heterocycles. The standard InChI is InChI=1S/C33H29F3N6O/c1-19(21-3-2-4-24(14-21)33(34,35)36)31(43)39-25-8-11-28(20-5-6-20)29(15-25)22-7-12-30-23(13-22)16-37-32(41-30)40-26-17-38-42(18-26)27-9-10-27/h2-4,7-8,11-20,27H,5-6,9-10H2,1H3,(H,39,43)(H,37,40,41). The van der Waals surface area contributed by atoms with Gasteiger partial charge in [-0.3, -0.25) is 9.48 Å². The lowest BCUT2D eigenvalue weighted by molar-refractivity contribution is -0.137. The first-order chi connectivity index (χ1) is 20.7. The van der Waals surface area contributed by atoms with E-state index in [0.29, 0.717) is 29.2 Å². The van der Waals surface area contributed by atoms with Crippen molar-refractivity contribution >= 4 is 34.1 Å². The van der Waals surface area contributed by atoms with E-state index in [2.05, 4.69) is 25.7 Å². The predicted octanol–water partition coefficient (Wildman–Crippen LogP) is 8.21. The van der Waals surface area contributed by atoms with E-state index in [9.17, 15) is 18.0 Å². The summed E-state index contributed by atoms with van der Waals surface area (Å²) in [7, 11) is 0. The number of nitrogens with zero attached hydrogens (tertiary/aromatic N) is 4. The van der Waals surface area contributed by atoms with Gasteiger partial charge in [-0.25, -0.2) is 9.97 Å². The Kier molecular flexibility index (Phi) is 6.64. The number of nitrogens with one attached hydrogen (secondary N) is 2. The monoisotopic (exact) mass is 582 g/mol. The molecule has 2 fully saturated rings. The van der Waals surface area contributed by atoms with Crippen LogP contribution in [0.25, 0.3) is 22.0 Å². The van der Waals surface area contributed by atoms with Crippen LogP contribution in [0, 0.1) is 0 Å². The SMILES string of the molecule is CC(C(=O)Nc1ccc(C2CC2)c(-c2ccc3nc(Nc4cnn(C5CC5)c4)ncc3c2)c1)c1cccc(C(F)(F)F)c1. The molecule has 218 valence electrons. The summed E-state index contributed by atoms with van der Waals surface area (Å²) in [6.45, 7) is 1.61. The lowest BCUT2D eigenvalue weighted by atomic mass is 9.94. The summed E-state index contributed by atoms with van der Waals surface area (Å²) in [5, 5.41) is 11.4. The number of aromatic nitrogens is 4. The minimum absolute atomic E-state index is 0.308. The van der Waals surface area contributed by atoms with Crippen LogP contribution >= 0.6 is 0 Å². The second-order valence-electron chi connectivity index (χ2n) is 11.4. The molecule has 0 bridgehead atoms. The lowest BCUT2D eigenvalue weighted by Gasteiger charge is -2.17. The zero-order valence-corrected chi connectivity index (χ0v) is 23.4. The van der Waals surface area contributed by atoms with Crippen LogP contribution in [0.15, 0.2) is 79.3 Å². The fourth-order valence-electron chi connectivity index (χ4n) is 5.35. The van der Waals surface area contributed by atoms with Gasteiger partial charge in [-0.1, -0.05) is 30.3 Å². The summed E-state index contributed by atoms with van der Waals surface area (Å²) in [6.07, 6.45) is 5.60. The molecule has 2 aliphatic carbocycles. The Labute approximate surface area is 246 Å². The topological polar surface area (TPSA) is 84.7 Å². The predicted molar refractivity (Wildman–Crippen MR) is 159 cm³/mol. The molecule has 0 aliphatic heterocycles. The van der Waals surface area contributed by atoms with Crippen molar-refractivity contribution < 1.29 is 18.0 Å². The summed E-state index contributed by atoms with van der Waals surface area (Å²) in [5.74, 6) is -0.190. The van der Waals surface area contributed by atoms with E-state index in [1.807, 2.05) is 47.3 Å². The third kappa shape index (κ3) is 5.82. The number of amides is 1. The normalized spacial score (nSPS) is 15.8. The maximum Gasteiger partial charge on any atom is 0.416 e. The number of carbonyl (C=O) groups is 1. The minimum atomic E-state index is -4.47. The van der Waals surface area contributed by atoms with Crippen LogP contribution < -0.4 is 10.6 Å². The molecule has 2 aliphatic rings. The Morgan fingerprint density at radius 1 is 0.977 bits per heavy atom. The summed E-state index contributed by atoms with van der Waals surface area (Å²) >= 11 is 0. The van der Waals surface area contributed by atoms with Gasteiger partial charge in [0.2, 0.25) is 11.9 Å². The maximum atomic E-state index is 13.2. The number of hydrogen-bond acceptors (Lipinski definition) is 5. The highest BCUT2D eigenvalue weighted by molar-refractivity contribution is 5.96. The average Bonchev–Trinajstić information content (AvgIpc) is 3.95. The van der Waals surface area contributed by atoms with E-state index in [-0.39, 0.29) is 5.91 Å². The van der Waals surface area contributed by atoms with Crippen LogP contribution in [0.1, 0.15) is 67.2 Å². The number of carbonyl (C=O) groups excluding carboxylic acids is 1. The van der Waals surface area contributed by atoms with E-state index < -0.39 is 17.7 Å². The molecule has 7 rings (SSSR count). The largest absolute Gasteiger partial charge is 0.416 e. The summed E-state index contributed by atoms with van der Waals surface area (Å²) in [4.78, 5) is 22.3. The number of rotatable bonds is 8. The lowest BCUT2D eigenvalue weighted by Crippen LogP contribution is -2.19. The Hall–Kier alpha value is -4.73. The van der Waals surface area contributed by atoms with Gasteiger partial charge in [-0.05, 0) is 91.1 Å². The molecule has 0 saturated heterocycles. The molecule has 7 nitrogen and oxygen atoms in total. The van der Waals surface area contributed by atoms with Crippen molar-refractivity contribution in [3.05, 3.63) is 95.9 Å². The van der Waals surface area contributed by atoms with E-state index in [1.54, 1.807) is 25.4 Å². The van der Waals surface area contributed by atoms with Crippen molar-refractivity contribution in [1.82, 2.24) is 19.7 Å². The Bertz CT molecular complexity index is 1840. The molecule has 2 heterocycles. The zero-order chi connectivity index (χ0) is 29.7. The van der Waals surface area contributed by atoms with E-state index >= 15 is 0 Å². The molecule has 5 aromatic rings. The van der Waals surface area contributed by atoms with Crippen LogP contribution in [-0.4, -0.2) is 25.7 Å². The Morgan fingerprint density at radius 2 is 1.81 bits per heavy atom. The van der Waals surface area contributed by atoms with Gasteiger partial charge in [0.1, 0.15) is 0 Å². The van der Waals surface area contributed by atoms with Gasteiger partial charge in [0, 0.05) is 23.5 Å². The van der Waals surface area contributed by atoms with Gasteiger partial charge >= 0.3 is 6.18 Å². The van der Waals surface area contributed by atoms with Gasteiger partial charge in [0.05, 0.1) is 34.9 Å². The fourth-order valence-corrected chi connectivity index (χ4v) is 5.35. The number of anilines is 3. The number of alkyl halides is 3. The molecule has 1 atom stereocenters. The van der Waals surface area contributed by atoms with Crippen LogP contribution in [0.3, 0.4) is 0 Å². The van der Waals surface area contributed by atoms with Crippen molar-refractivity contribution in [1.29, 1.82) is 0 Å². The number of hydrogen-bond donors (Lipinski definition) is 2. The van der Waals surface area contributed by atoms with Crippen LogP contribution in [0.2, 0.25) is 0 Å². The quantitative estimate of drug-likeness (QED) is 0.193. The van der Waals surface area contributed by atoms with Crippen LogP contribution in [0.4, 0.5) is 30.5 Å². The highest BCUT2D eigenvalue weighted by atomic mass is 19.4. The van der Waals surface area contributed by atoms with E-state index in [1.165, 1.54) is 11.6 Å². The first kappa shape index (κ1) is 27.1. The fraction of sp³-hybridized carbons (Fsp3) is 0.273. The zero-order valence-electron chi connectivity index (χ0n) is 23.4. The number of fused-ring (bicyclic) bond motifs is 1. The van der Waals surface area contributed by atoms with E-state index in [4.69, 9.17) is 0 Å². The van der Waals surface area contributed by atoms with E-state index in [0.717, 1.165) is 65.5 Å². The van der Waals surface area contributed by atoms with Crippen molar-refractivity contribution in [3.8, 4) is 11.1 Å². The number of benzene rings is 3. The molecule has 1 unspecified atom stereocenters. The maximum absolute atomic E-state index is 13.2. The van der Waals surface area contributed by atoms with Crippen molar-refractivity contribution in [3.63, 3.8) is 0 Å². The van der Waals surface area contributed by atoms with Crippen LogP contribution in [-0.2, 0) is 11.0 Å². The summed E-state index contributed by atoms with van der Waals surface area (Å²) in [5.41, 5.74) is 4.95. The smallest absolute Gasteiger partial charge is 0.326 e. The molecule has 3 aromatic carbocycles. The Morgan fingerprint density at radius 3 is 2.58 bits per heavy atom. The van der Waals surface area contributed by atoms with Crippen molar-refractivity contribution in [2.24, 2.45) is 0 Å². The second-order valence-corrected chi connectivity index (χ2v) is 11.4. The van der Waals surface area contributed by atoms with Crippen molar-refractivity contribution in [2.75, 3.05) is 10.6 Å². The molecular formula is C33H29F3N6O. The molecule has 0 spiro atoms. The number of halogens is 3. The molecule has 10 heteroatoms. The summed E-state index contributed by atoms with van der Waals surface area (Å²) < 4.78 is 41.6. The highest BCUT2D eigenvalue weighted by Crippen LogP contribution is 2.45. The molecule has 43 heavy (non-hydrogen) atoms. The van der Waals surface area contributed by atoms with Gasteiger partial charge in [-0.2, -0.15) is 18.3 Å².